The number of hydrogen-bond donors (Lipinski definition) is 6. The fourth-order valence-electron chi connectivity index (χ4n) is 0.878. The number of unbranched alkanes of at least 4 members (excludes halogenated alkanes) is 1. The normalized spacial score (nSPS) is 10.9. The Balaban J connectivity index is 0. The minimum Gasteiger partial charge on any atom is -0.480 e. The van der Waals surface area contributed by atoms with Crippen LogP contribution < -0.4 is 22.5 Å². The number of hydrogen-bond acceptors (Lipinski definition) is 6. The maximum atomic E-state index is 10.2. The summed E-state index contributed by atoms with van der Waals surface area (Å²) in [7, 11) is 0. The maximum Gasteiger partial charge on any atom is 0.322 e. The first-order valence-electron chi connectivity index (χ1n) is 5.72. The summed E-state index contributed by atoms with van der Waals surface area (Å²) in [6.07, 6.45) is 2.16. The highest BCUT2D eigenvalue weighted by Crippen LogP contribution is 1.96. The third-order valence-electron chi connectivity index (χ3n) is 1.91. The van der Waals surface area contributed by atoms with Gasteiger partial charge in [-0.15, -0.1) is 0 Å². The molecule has 0 aliphatic rings. The molecule has 0 aromatic heterocycles. The SMILES string of the molecule is NCC(=O)NCC(=O)O.NCCCC[C@H](N)C(=O)O. The van der Waals surface area contributed by atoms with Gasteiger partial charge in [0, 0.05) is 0 Å². The van der Waals surface area contributed by atoms with E-state index in [0.717, 1.165) is 12.8 Å². The van der Waals surface area contributed by atoms with Crippen molar-refractivity contribution >= 4 is 17.8 Å². The molecule has 0 aromatic rings. The summed E-state index contributed by atoms with van der Waals surface area (Å²) in [6, 6.07) is -0.716. The number of rotatable bonds is 8. The molecule has 19 heavy (non-hydrogen) atoms. The first kappa shape index (κ1) is 19.6. The van der Waals surface area contributed by atoms with E-state index >= 15 is 0 Å². The predicted octanol–water partition coefficient (Wildman–Crippen LogP) is -2.33. The van der Waals surface area contributed by atoms with Gasteiger partial charge in [-0.05, 0) is 19.4 Å². The summed E-state index contributed by atoms with van der Waals surface area (Å²) < 4.78 is 0. The van der Waals surface area contributed by atoms with Gasteiger partial charge < -0.3 is 32.7 Å². The van der Waals surface area contributed by atoms with E-state index in [1.165, 1.54) is 0 Å². The van der Waals surface area contributed by atoms with E-state index in [4.69, 9.17) is 27.4 Å². The Kier molecular flexibility index (Phi) is 13.2. The van der Waals surface area contributed by atoms with Crippen molar-refractivity contribution < 1.29 is 24.6 Å². The van der Waals surface area contributed by atoms with E-state index in [1.807, 2.05) is 0 Å². The number of aliphatic carboxylic acids is 2. The lowest BCUT2D eigenvalue weighted by Gasteiger charge is -2.03. The zero-order chi connectivity index (χ0) is 15.3. The molecule has 1 amide bonds. The molecule has 0 aliphatic carbocycles. The zero-order valence-electron chi connectivity index (χ0n) is 10.7. The van der Waals surface area contributed by atoms with Crippen molar-refractivity contribution in [2.45, 2.75) is 25.3 Å². The molecule has 0 unspecified atom stereocenters. The van der Waals surface area contributed by atoms with Crippen LogP contribution in [-0.2, 0) is 14.4 Å². The number of carboxylic acids is 2. The minimum atomic E-state index is -1.07. The average Bonchev–Trinajstić information content (AvgIpc) is 2.36. The van der Waals surface area contributed by atoms with Crippen LogP contribution in [0.5, 0.6) is 0 Å². The summed E-state index contributed by atoms with van der Waals surface area (Å²) in [6.45, 7) is 0.0651. The van der Waals surface area contributed by atoms with Crippen LogP contribution in [0.2, 0.25) is 0 Å². The lowest BCUT2D eigenvalue weighted by molar-refractivity contribution is -0.139. The van der Waals surface area contributed by atoms with E-state index in [-0.39, 0.29) is 13.1 Å². The van der Waals surface area contributed by atoms with Gasteiger partial charge in [-0.1, -0.05) is 6.42 Å². The highest BCUT2D eigenvalue weighted by Gasteiger charge is 2.09. The Morgan fingerprint density at radius 1 is 1.11 bits per heavy atom. The smallest absolute Gasteiger partial charge is 0.322 e. The number of amides is 1. The Morgan fingerprint density at radius 2 is 1.68 bits per heavy atom. The van der Waals surface area contributed by atoms with Crippen LogP contribution in [-0.4, -0.2) is 53.7 Å². The molecule has 9 N–H and O–H groups in total. The molecule has 112 valence electrons. The summed E-state index contributed by atoms with van der Waals surface area (Å²) in [5.74, 6) is -2.47. The molecule has 1 atom stereocenters. The van der Waals surface area contributed by atoms with Crippen molar-refractivity contribution in [3.05, 3.63) is 0 Å². The van der Waals surface area contributed by atoms with Gasteiger partial charge in [0.2, 0.25) is 5.91 Å². The van der Waals surface area contributed by atoms with E-state index in [0.29, 0.717) is 13.0 Å². The molecule has 0 aromatic carbocycles. The number of carbonyl (C=O) groups excluding carboxylic acids is 1. The second-order valence-corrected chi connectivity index (χ2v) is 3.60. The molecule has 0 bridgehead atoms. The zero-order valence-corrected chi connectivity index (χ0v) is 10.7. The fourth-order valence-corrected chi connectivity index (χ4v) is 0.878. The van der Waals surface area contributed by atoms with Gasteiger partial charge >= 0.3 is 11.9 Å². The first-order chi connectivity index (χ1) is 8.84. The molecule has 0 heterocycles. The summed E-state index contributed by atoms with van der Waals surface area (Å²) in [4.78, 5) is 30.1. The third kappa shape index (κ3) is 16.3. The summed E-state index contributed by atoms with van der Waals surface area (Å²) in [5, 5.41) is 18.4. The van der Waals surface area contributed by atoms with Gasteiger partial charge in [-0.3, -0.25) is 14.4 Å². The Labute approximate surface area is 111 Å². The van der Waals surface area contributed by atoms with E-state index in [1.54, 1.807) is 0 Å². The van der Waals surface area contributed by atoms with Crippen molar-refractivity contribution in [3.63, 3.8) is 0 Å². The number of nitrogens with one attached hydrogen (secondary N) is 1. The molecule has 0 aliphatic heterocycles. The molecular formula is C10H22N4O5. The molecule has 9 nitrogen and oxygen atoms in total. The van der Waals surface area contributed by atoms with Crippen molar-refractivity contribution in [1.82, 2.24) is 5.32 Å². The molecule has 0 saturated heterocycles. The number of nitrogens with two attached hydrogens (primary N) is 3. The molecule has 0 radical (unpaired) electrons. The van der Waals surface area contributed by atoms with Crippen molar-refractivity contribution in [2.24, 2.45) is 17.2 Å². The lowest BCUT2D eigenvalue weighted by Crippen LogP contribution is -2.34. The van der Waals surface area contributed by atoms with Crippen LogP contribution in [0.25, 0.3) is 0 Å². The quantitative estimate of drug-likeness (QED) is 0.267. The minimum absolute atomic E-state index is 0.173. The number of carbonyl (C=O) groups is 3. The Morgan fingerprint density at radius 3 is 2.05 bits per heavy atom. The van der Waals surface area contributed by atoms with Gasteiger partial charge in [0.25, 0.3) is 0 Å². The Hall–Kier alpha value is -1.71. The van der Waals surface area contributed by atoms with Crippen LogP contribution in [0.15, 0.2) is 0 Å². The Bertz CT molecular complexity index is 285. The maximum absolute atomic E-state index is 10.2. The van der Waals surface area contributed by atoms with Gasteiger partial charge in [0.1, 0.15) is 12.6 Å². The van der Waals surface area contributed by atoms with Crippen LogP contribution >= 0.6 is 0 Å². The van der Waals surface area contributed by atoms with Gasteiger partial charge in [0.15, 0.2) is 0 Å². The van der Waals surface area contributed by atoms with Gasteiger partial charge in [-0.2, -0.15) is 0 Å². The largest absolute Gasteiger partial charge is 0.480 e. The van der Waals surface area contributed by atoms with Crippen molar-refractivity contribution in [3.8, 4) is 0 Å². The van der Waals surface area contributed by atoms with Crippen LogP contribution in [0.1, 0.15) is 19.3 Å². The molecule has 0 fully saturated rings. The van der Waals surface area contributed by atoms with E-state index in [2.05, 4.69) is 5.32 Å². The second kappa shape index (κ2) is 12.7. The first-order valence-corrected chi connectivity index (χ1v) is 5.72. The van der Waals surface area contributed by atoms with Crippen molar-refractivity contribution in [2.75, 3.05) is 19.6 Å². The fraction of sp³-hybridized carbons (Fsp3) is 0.700. The second-order valence-electron chi connectivity index (χ2n) is 3.60. The van der Waals surface area contributed by atoms with Gasteiger partial charge in [0.05, 0.1) is 6.54 Å². The van der Waals surface area contributed by atoms with Crippen LogP contribution in [0.3, 0.4) is 0 Å². The van der Waals surface area contributed by atoms with Gasteiger partial charge in [-0.25, -0.2) is 0 Å². The van der Waals surface area contributed by atoms with Crippen molar-refractivity contribution in [1.29, 1.82) is 0 Å². The van der Waals surface area contributed by atoms with Crippen LogP contribution in [0.4, 0.5) is 0 Å². The molecule has 0 spiro atoms. The molecule has 0 saturated carbocycles. The van der Waals surface area contributed by atoms with Crippen LogP contribution in [0, 0.1) is 0 Å². The summed E-state index contributed by atoms with van der Waals surface area (Å²) >= 11 is 0. The monoisotopic (exact) mass is 278 g/mol. The molecule has 0 rings (SSSR count). The molecular weight excluding hydrogens is 256 g/mol. The van der Waals surface area contributed by atoms with E-state index < -0.39 is 23.9 Å². The molecule has 9 heteroatoms. The standard InChI is InChI=1S/C6H14N2O2.C4H8N2O3/c7-4-2-1-3-5(8)6(9)10;5-1-3(7)6-2-4(8)9/h5H,1-4,7-8H2,(H,9,10);1-2,5H2,(H,6,7)(H,8,9)/t5-;/m0./s1. The topological polar surface area (TPSA) is 182 Å². The summed E-state index contributed by atoms with van der Waals surface area (Å²) in [5.41, 5.74) is 15.3. The highest BCUT2D eigenvalue weighted by atomic mass is 16.4. The number of carboxylic acid groups (broad SMARTS) is 2. The third-order valence-corrected chi connectivity index (χ3v) is 1.91. The average molecular weight is 278 g/mol. The predicted molar refractivity (Wildman–Crippen MR) is 68.2 cm³/mol. The highest BCUT2D eigenvalue weighted by molar-refractivity contribution is 5.82. The van der Waals surface area contributed by atoms with E-state index in [9.17, 15) is 14.4 Å². The lowest BCUT2D eigenvalue weighted by atomic mass is 10.1.